The third kappa shape index (κ3) is 3.12. The van der Waals surface area contributed by atoms with Gasteiger partial charge in [0.25, 0.3) is 0 Å². The molecule has 0 bridgehead atoms. The third-order valence-corrected chi connectivity index (χ3v) is 3.13. The summed E-state index contributed by atoms with van der Waals surface area (Å²) >= 11 is 3.38. The van der Waals surface area contributed by atoms with Crippen LogP contribution >= 0.6 is 15.9 Å². The van der Waals surface area contributed by atoms with Gasteiger partial charge < -0.3 is 9.26 Å². The van der Waals surface area contributed by atoms with Gasteiger partial charge in [-0.2, -0.15) is 0 Å². The molecule has 0 spiro atoms. The zero-order valence-electron chi connectivity index (χ0n) is 10.5. The molecule has 98 valence electrons. The molecule has 0 aliphatic heterocycles. The number of aryl methyl sites for hydroxylation is 1. The highest BCUT2D eigenvalue weighted by Gasteiger charge is 2.12. The lowest BCUT2D eigenvalue weighted by Gasteiger charge is -1.98. The van der Waals surface area contributed by atoms with Crippen LogP contribution in [0.3, 0.4) is 0 Å². The summed E-state index contributed by atoms with van der Waals surface area (Å²) in [6.07, 6.45) is 3.00. The first-order chi connectivity index (χ1) is 9.11. The molecule has 2 rings (SSSR count). The molecule has 19 heavy (non-hydrogen) atoms. The van der Waals surface area contributed by atoms with Crippen molar-refractivity contribution in [2.24, 2.45) is 0 Å². The van der Waals surface area contributed by atoms with Crippen LogP contribution in [0.2, 0.25) is 0 Å². The van der Waals surface area contributed by atoms with Crippen molar-refractivity contribution in [2.45, 2.75) is 6.92 Å². The van der Waals surface area contributed by atoms with Crippen LogP contribution < -0.4 is 0 Å². The van der Waals surface area contributed by atoms with Crippen LogP contribution in [-0.4, -0.2) is 18.2 Å². The maximum atomic E-state index is 11.1. The van der Waals surface area contributed by atoms with Crippen LogP contribution in [0.4, 0.5) is 0 Å². The molecule has 4 nitrogen and oxygen atoms in total. The van der Waals surface area contributed by atoms with Crippen LogP contribution in [0.5, 0.6) is 0 Å². The highest BCUT2D eigenvalue weighted by molar-refractivity contribution is 9.10. The van der Waals surface area contributed by atoms with Crippen molar-refractivity contribution < 1.29 is 14.1 Å². The molecule has 0 aliphatic carbocycles. The molecule has 0 saturated heterocycles. The number of halogens is 1. The molecule has 1 aromatic carbocycles. The molecular weight excluding hydrogens is 310 g/mol. The van der Waals surface area contributed by atoms with Crippen LogP contribution in [0.15, 0.2) is 39.3 Å². The zero-order valence-corrected chi connectivity index (χ0v) is 12.1. The number of methoxy groups -OCH3 is 1. The summed E-state index contributed by atoms with van der Waals surface area (Å²) in [6, 6.07) is 7.67. The number of ether oxygens (including phenoxy) is 1. The average molecular weight is 322 g/mol. The Morgan fingerprint density at radius 2 is 2.05 bits per heavy atom. The minimum atomic E-state index is -0.414. The van der Waals surface area contributed by atoms with Crippen LogP contribution in [0.1, 0.15) is 11.3 Å². The second-order valence-corrected chi connectivity index (χ2v) is 4.79. The Morgan fingerprint density at radius 1 is 1.37 bits per heavy atom. The minimum absolute atomic E-state index is 0.414. The molecule has 0 unspecified atom stereocenters. The summed E-state index contributed by atoms with van der Waals surface area (Å²) in [4.78, 5) is 11.1. The lowest BCUT2D eigenvalue weighted by Crippen LogP contribution is -1.93. The summed E-state index contributed by atoms with van der Waals surface area (Å²) in [5.41, 5.74) is 2.39. The molecule has 0 amide bonds. The van der Waals surface area contributed by atoms with Gasteiger partial charge in [-0.15, -0.1) is 0 Å². The molecule has 0 N–H and O–H groups in total. The van der Waals surface area contributed by atoms with Gasteiger partial charge in [-0.3, -0.25) is 0 Å². The molecule has 1 aromatic heterocycles. The van der Waals surface area contributed by atoms with Gasteiger partial charge in [0.1, 0.15) is 0 Å². The summed E-state index contributed by atoms with van der Waals surface area (Å²) < 4.78 is 10.9. The monoisotopic (exact) mass is 321 g/mol. The normalized spacial score (nSPS) is 10.9. The average Bonchev–Trinajstić information content (AvgIpc) is 2.78. The summed E-state index contributed by atoms with van der Waals surface area (Å²) in [7, 11) is 1.34. The number of hydrogen-bond donors (Lipinski definition) is 0. The highest BCUT2D eigenvalue weighted by Crippen LogP contribution is 2.28. The Labute approximate surface area is 119 Å². The molecular formula is C14H12BrNO3. The molecule has 0 fully saturated rings. The van der Waals surface area contributed by atoms with Crippen LogP contribution in [0, 0.1) is 6.92 Å². The molecule has 0 atom stereocenters. The van der Waals surface area contributed by atoms with E-state index in [1.807, 2.05) is 31.2 Å². The quantitative estimate of drug-likeness (QED) is 0.640. The van der Waals surface area contributed by atoms with Crippen molar-refractivity contribution in [1.29, 1.82) is 0 Å². The fraction of sp³-hybridized carbons (Fsp3) is 0.143. The fourth-order valence-electron chi connectivity index (χ4n) is 1.60. The lowest BCUT2D eigenvalue weighted by molar-refractivity contribution is -0.134. The molecule has 2 aromatic rings. The van der Waals surface area contributed by atoms with Crippen molar-refractivity contribution in [3.05, 3.63) is 46.1 Å². The predicted molar refractivity (Wildman–Crippen MR) is 75.4 cm³/mol. The Balaban J connectivity index is 2.40. The summed E-state index contributed by atoms with van der Waals surface area (Å²) in [5, 5.41) is 3.93. The van der Waals surface area contributed by atoms with Gasteiger partial charge in [-0.1, -0.05) is 21.1 Å². The Bertz CT molecular complexity index is 614. The van der Waals surface area contributed by atoms with Crippen molar-refractivity contribution in [1.82, 2.24) is 5.16 Å². The van der Waals surface area contributed by atoms with Gasteiger partial charge in [-0.05, 0) is 37.3 Å². The van der Waals surface area contributed by atoms with E-state index in [1.165, 1.54) is 13.2 Å². The summed E-state index contributed by atoms with van der Waals surface area (Å²) in [5.74, 6) is 0.215. The number of nitrogens with zero attached hydrogens (tertiary/aromatic N) is 1. The number of aromatic nitrogens is 1. The van der Waals surface area contributed by atoms with Crippen molar-refractivity contribution in [3.8, 4) is 11.3 Å². The van der Waals surface area contributed by atoms with Crippen molar-refractivity contribution >= 4 is 28.0 Å². The van der Waals surface area contributed by atoms with E-state index < -0.39 is 5.97 Å². The Morgan fingerprint density at radius 3 is 2.68 bits per heavy atom. The van der Waals surface area contributed by atoms with E-state index in [0.717, 1.165) is 21.3 Å². The lowest BCUT2D eigenvalue weighted by atomic mass is 10.1. The van der Waals surface area contributed by atoms with E-state index in [1.54, 1.807) is 6.08 Å². The fourth-order valence-corrected chi connectivity index (χ4v) is 1.87. The second-order valence-electron chi connectivity index (χ2n) is 3.87. The smallest absolute Gasteiger partial charge is 0.330 e. The second kappa shape index (κ2) is 5.84. The van der Waals surface area contributed by atoms with E-state index >= 15 is 0 Å². The van der Waals surface area contributed by atoms with E-state index in [4.69, 9.17) is 4.52 Å². The number of benzene rings is 1. The standard InChI is InChI=1S/C14H12BrNO3/c1-9-12(7-8-13(17)18-2)14(19-16-9)10-3-5-11(15)6-4-10/h3-8H,1-2H3. The number of hydrogen-bond acceptors (Lipinski definition) is 4. The Kier molecular flexibility index (Phi) is 4.16. The molecule has 0 radical (unpaired) electrons. The summed E-state index contributed by atoms with van der Waals surface area (Å²) in [6.45, 7) is 1.82. The van der Waals surface area contributed by atoms with Crippen LogP contribution in [-0.2, 0) is 9.53 Å². The van der Waals surface area contributed by atoms with Gasteiger partial charge in [0.15, 0.2) is 5.76 Å². The van der Waals surface area contributed by atoms with E-state index in [2.05, 4.69) is 25.8 Å². The predicted octanol–water partition coefficient (Wildman–Crippen LogP) is 3.60. The van der Waals surface area contributed by atoms with E-state index in [9.17, 15) is 4.79 Å². The van der Waals surface area contributed by atoms with Gasteiger partial charge in [0.2, 0.25) is 0 Å². The van der Waals surface area contributed by atoms with Gasteiger partial charge in [-0.25, -0.2) is 4.79 Å². The maximum absolute atomic E-state index is 11.1. The van der Waals surface area contributed by atoms with E-state index in [0.29, 0.717) is 5.76 Å². The van der Waals surface area contributed by atoms with Crippen molar-refractivity contribution in [3.63, 3.8) is 0 Å². The largest absolute Gasteiger partial charge is 0.466 e. The maximum Gasteiger partial charge on any atom is 0.330 e. The van der Waals surface area contributed by atoms with Crippen LogP contribution in [0.25, 0.3) is 17.4 Å². The third-order valence-electron chi connectivity index (χ3n) is 2.60. The first-order valence-corrected chi connectivity index (χ1v) is 6.39. The van der Waals surface area contributed by atoms with Crippen molar-refractivity contribution in [2.75, 3.05) is 7.11 Å². The number of esters is 1. The SMILES string of the molecule is COC(=O)C=Cc1c(C)noc1-c1ccc(Br)cc1. The zero-order chi connectivity index (χ0) is 13.8. The molecule has 1 heterocycles. The first kappa shape index (κ1) is 13.5. The topological polar surface area (TPSA) is 52.3 Å². The molecule has 0 aliphatic rings. The van der Waals surface area contributed by atoms with Gasteiger partial charge >= 0.3 is 5.97 Å². The number of rotatable bonds is 3. The first-order valence-electron chi connectivity index (χ1n) is 5.60. The molecule has 0 saturated carbocycles. The highest BCUT2D eigenvalue weighted by atomic mass is 79.9. The molecule has 5 heteroatoms. The Hall–Kier alpha value is -1.88. The van der Waals surface area contributed by atoms with E-state index in [-0.39, 0.29) is 0 Å². The number of carbonyl (C=O) groups excluding carboxylic acids is 1. The van der Waals surface area contributed by atoms with Gasteiger partial charge in [0.05, 0.1) is 12.8 Å². The number of carbonyl (C=O) groups is 1. The van der Waals surface area contributed by atoms with Gasteiger partial charge in [0, 0.05) is 21.7 Å². The minimum Gasteiger partial charge on any atom is -0.466 e.